The summed E-state index contributed by atoms with van der Waals surface area (Å²) in [4.78, 5) is 14.5. The van der Waals surface area contributed by atoms with Crippen LogP contribution in [0, 0.1) is 27.7 Å². The average Bonchev–Trinajstić information content (AvgIpc) is 2.98. The second-order valence-corrected chi connectivity index (χ2v) is 9.15. The van der Waals surface area contributed by atoms with Gasteiger partial charge in [0.1, 0.15) is 5.76 Å². The normalized spacial score (nSPS) is 16.3. The van der Waals surface area contributed by atoms with Crippen molar-refractivity contribution in [3.05, 3.63) is 40.6 Å². The summed E-state index contributed by atoms with van der Waals surface area (Å²) in [5.74, 6) is 0.805. The molecule has 1 aliphatic heterocycles. The maximum absolute atomic E-state index is 13.1. The molecule has 8 nitrogen and oxygen atoms in total. The number of amides is 1. The van der Waals surface area contributed by atoms with E-state index < -0.39 is 10.0 Å². The third-order valence-electron chi connectivity index (χ3n) is 4.80. The number of rotatable bonds is 5. The predicted octanol–water partition coefficient (Wildman–Crippen LogP) is 1.85. The van der Waals surface area contributed by atoms with Crippen molar-refractivity contribution < 1.29 is 17.7 Å². The van der Waals surface area contributed by atoms with Crippen molar-refractivity contribution in [1.82, 2.24) is 14.4 Å². The summed E-state index contributed by atoms with van der Waals surface area (Å²) in [6, 6.07) is 5.44. The number of anilines is 1. The number of nitrogens with one attached hydrogen (secondary N) is 1. The molecule has 28 heavy (non-hydrogen) atoms. The van der Waals surface area contributed by atoms with E-state index in [2.05, 4.69) is 10.5 Å². The van der Waals surface area contributed by atoms with Crippen molar-refractivity contribution in [3.63, 3.8) is 0 Å². The quantitative estimate of drug-likeness (QED) is 0.814. The number of hydrogen-bond acceptors (Lipinski definition) is 6. The van der Waals surface area contributed by atoms with Gasteiger partial charge in [-0.3, -0.25) is 9.69 Å². The van der Waals surface area contributed by atoms with E-state index in [0.717, 1.165) is 16.7 Å². The number of benzene rings is 1. The van der Waals surface area contributed by atoms with Crippen molar-refractivity contribution in [2.24, 2.45) is 0 Å². The van der Waals surface area contributed by atoms with Gasteiger partial charge in [-0.25, -0.2) is 8.42 Å². The number of aryl methyl sites for hydroxylation is 4. The minimum absolute atomic E-state index is 0.183. The molecule has 0 bridgehead atoms. The van der Waals surface area contributed by atoms with Gasteiger partial charge in [-0.05, 0) is 38.8 Å². The summed E-state index contributed by atoms with van der Waals surface area (Å²) in [5, 5.41) is 6.42. The molecule has 0 unspecified atom stereocenters. The Morgan fingerprint density at radius 2 is 1.68 bits per heavy atom. The smallest absolute Gasteiger partial charge is 0.243 e. The Hall–Kier alpha value is -2.23. The largest absolute Gasteiger partial charge is 0.360 e. The third kappa shape index (κ3) is 4.43. The molecule has 1 fully saturated rings. The van der Waals surface area contributed by atoms with Crippen molar-refractivity contribution in [2.45, 2.75) is 32.6 Å². The molecule has 1 aliphatic rings. The molecule has 3 rings (SSSR count). The summed E-state index contributed by atoms with van der Waals surface area (Å²) >= 11 is 0. The van der Waals surface area contributed by atoms with Gasteiger partial charge in [-0.1, -0.05) is 22.9 Å². The van der Waals surface area contributed by atoms with Crippen LogP contribution in [-0.2, 0) is 14.8 Å². The van der Waals surface area contributed by atoms with Gasteiger partial charge in [0.15, 0.2) is 5.82 Å². The van der Waals surface area contributed by atoms with Gasteiger partial charge >= 0.3 is 0 Å². The fourth-order valence-electron chi connectivity index (χ4n) is 3.64. The number of carbonyl (C=O) groups excluding carboxylic acids is 1. The first-order chi connectivity index (χ1) is 13.2. The molecule has 1 aromatic carbocycles. The Morgan fingerprint density at radius 1 is 1.07 bits per heavy atom. The topological polar surface area (TPSA) is 95.8 Å². The average molecular weight is 407 g/mol. The van der Waals surface area contributed by atoms with Crippen LogP contribution in [-0.4, -0.2) is 61.4 Å². The van der Waals surface area contributed by atoms with Gasteiger partial charge < -0.3 is 9.84 Å². The zero-order chi connectivity index (χ0) is 20.5. The number of hydrogen-bond donors (Lipinski definition) is 1. The molecule has 0 spiro atoms. The Morgan fingerprint density at radius 3 is 2.21 bits per heavy atom. The van der Waals surface area contributed by atoms with E-state index in [1.807, 2.05) is 37.8 Å². The molecule has 0 saturated carbocycles. The monoisotopic (exact) mass is 406 g/mol. The molecular formula is C19H26N4O4S. The molecule has 1 N–H and O–H groups in total. The lowest BCUT2D eigenvalue weighted by Crippen LogP contribution is -2.50. The van der Waals surface area contributed by atoms with E-state index in [-0.39, 0.29) is 12.5 Å². The number of nitrogens with zero attached hydrogens (tertiary/aromatic N) is 3. The maximum atomic E-state index is 13.1. The molecule has 2 heterocycles. The van der Waals surface area contributed by atoms with E-state index in [0.29, 0.717) is 42.7 Å². The molecule has 152 valence electrons. The molecule has 1 aromatic heterocycles. The number of aromatic nitrogens is 1. The second-order valence-electron chi connectivity index (χ2n) is 7.28. The van der Waals surface area contributed by atoms with Crippen LogP contribution in [0.2, 0.25) is 0 Å². The summed E-state index contributed by atoms with van der Waals surface area (Å²) in [6.45, 7) is 9.25. The number of sulfonamides is 1. The molecule has 2 aromatic rings. The summed E-state index contributed by atoms with van der Waals surface area (Å²) < 4.78 is 32.7. The van der Waals surface area contributed by atoms with Crippen molar-refractivity contribution >= 4 is 21.7 Å². The number of piperazine rings is 1. The van der Waals surface area contributed by atoms with Gasteiger partial charge in [0.25, 0.3) is 0 Å². The van der Waals surface area contributed by atoms with Gasteiger partial charge in [0, 0.05) is 32.2 Å². The Balaban J connectivity index is 1.61. The Labute approximate surface area is 165 Å². The Kier molecular flexibility index (Phi) is 5.87. The van der Waals surface area contributed by atoms with Crippen LogP contribution >= 0.6 is 0 Å². The highest BCUT2D eigenvalue weighted by Gasteiger charge is 2.31. The predicted molar refractivity (Wildman–Crippen MR) is 106 cm³/mol. The van der Waals surface area contributed by atoms with Gasteiger partial charge in [0.05, 0.1) is 11.4 Å². The second kappa shape index (κ2) is 8.02. The van der Waals surface area contributed by atoms with Crippen LogP contribution in [0.5, 0.6) is 0 Å². The van der Waals surface area contributed by atoms with E-state index in [1.54, 1.807) is 13.0 Å². The summed E-state index contributed by atoms with van der Waals surface area (Å²) in [7, 11) is -3.55. The van der Waals surface area contributed by atoms with Crippen molar-refractivity contribution in [1.29, 1.82) is 0 Å². The fourth-order valence-corrected chi connectivity index (χ4v) is 5.48. The maximum Gasteiger partial charge on any atom is 0.243 e. The molecular weight excluding hydrogens is 380 g/mol. The Bertz CT molecular complexity index is 953. The SMILES string of the molecule is Cc1cc(C)c(S(=O)(=O)N2CCN(CC(=O)Nc3cc(C)on3)CC2)c(C)c1. The fraction of sp³-hybridized carbons (Fsp3) is 0.474. The van der Waals surface area contributed by atoms with Crippen LogP contribution < -0.4 is 5.32 Å². The zero-order valence-electron chi connectivity index (χ0n) is 16.7. The highest BCUT2D eigenvalue weighted by Crippen LogP contribution is 2.26. The first-order valence-corrected chi connectivity index (χ1v) is 10.6. The lowest BCUT2D eigenvalue weighted by atomic mass is 10.1. The van der Waals surface area contributed by atoms with Crippen LogP contribution in [0.15, 0.2) is 27.6 Å². The van der Waals surface area contributed by atoms with Crippen molar-refractivity contribution in [3.8, 4) is 0 Å². The van der Waals surface area contributed by atoms with E-state index in [9.17, 15) is 13.2 Å². The van der Waals surface area contributed by atoms with Gasteiger partial charge in [-0.15, -0.1) is 0 Å². The van der Waals surface area contributed by atoms with E-state index in [4.69, 9.17) is 4.52 Å². The van der Waals surface area contributed by atoms with Crippen LogP contribution in [0.25, 0.3) is 0 Å². The molecule has 1 amide bonds. The molecule has 0 atom stereocenters. The van der Waals surface area contributed by atoms with Crippen LogP contribution in [0.3, 0.4) is 0 Å². The highest BCUT2D eigenvalue weighted by atomic mass is 32.2. The lowest BCUT2D eigenvalue weighted by Gasteiger charge is -2.34. The van der Waals surface area contributed by atoms with Gasteiger partial charge in [-0.2, -0.15) is 4.31 Å². The third-order valence-corrected chi connectivity index (χ3v) is 7.00. The zero-order valence-corrected chi connectivity index (χ0v) is 17.5. The minimum Gasteiger partial charge on any atom is -0.360 e. The first-order valence-electron chi connectivity index (χ1n) is 9.20. The standard InChI is InChI=1S/C19H26N4O4S/c1-13-9-14(2)19(15(3)10-13)28(25,26)23-7-5-22(6-8-23)12-18(24)20-17-11-16(4)27-21-17/h9-11H,5-8,12H2,1-4H3,(H,20,21,24). The first kappa shape index (κ1) is 20.5. The van der Waals surface area contributed by atoms with E-state index >= 15 is 0 Å². The highest BCUT2D eigenvalue weighted by molar-refractivity contribution is 7.89. The molecule has 0 aliphatic carbocycles. The molecule has 1 saturated heterocycles. The lowest BCUT2D eigenvalue weighted by molar-refractivity contribution is -0.117. The summed E-state index contributed by atoms with van der Waals surface area (Å²) in [6.07, 6.45) is 0. The minimum atomic E-state index is -3.55. The molecule has 9 heteroatoms. The number of carbonyl (C=O) groups is 1. The van der Waals surface area contributed by atoms with Gasteiger partial charge in [0.2, 0.25) is 15.9 Å². The summed E-state index contributed by atoms with van der Waals surface area (Å²) in [5.41, 5.74) is 2.58. The molecule has 0 radical (unpaired) electrons. The van der Waals surface area contributed by atoms with Crippen LogP contribution in [0.4, 0.5) is 5.82 Å². The van der Waals surface area contributed by atoms with E-state index in [1.165, 1.54) is 4.31 Å². The van der Waals surface area contributed by atoms with Crippen molar-refractivity contribution in [2.75, 3.05) is 38.0 Å². The van der Waals surface area contributed by atoms with Crippen LogP contribution in [0.1, 0.15) is 22.5 Å².